The summed E-state index contributed by atoms with van der Waals surface area (Å²) in [6.45, 7) is 4.32. The normalized spacial score (nSPS) is 11.0. The highest BCUT2D eigenvalue weighted by Crippen LogP contribution is 2.18. The van der Waals surface area contributed by atoms with Crippen LogP contribution in [0.15, 0.2) is 24.4 Å². The van der Waals surface area contributed by atoms with E-state index in [1.54, 1.807) is 6.20 Å². The van der Waals surface area contributed by atoms with Crippen LogP contribution in [0.25, 0.3) is 10.9 Å². The molecular formula is C10H11N3. The van der Waals surface area contributed by atoms with E-state index in [1.165, 1.54) is 5.56 Å². The van der Waals surface area contributed by atoms with Gasteiger partial charge in [-0.3, -0.25) is 0 Å². The topological polar surface area (TPSA) is 38.7 Å². The van der Waals surface area contributed by atoms with Crippen molar-refractivity contribution >= 4 is 10.9 Å². The van der Waals surface area contributed by atoms with Gasteiger partial charge in [0.15, 0.2) is 0 Å². The second-order valence-corrected chi connectivity index (χ2v) is 3.41. The molecule has 0 N–H and O–H groups in total. The van der Waals surface area contributed by atoms with E-state index in [1.807, 2.05) is 6.07 Å². The molecule has 13 heavy (non-hydrogen) atoms. The van der Waals surface area contributed by atoms with Crippen LogP contribution in [-0.2, 0) is 0 Å². The number of rotatable bonds is 1. The molecule has 1 heterocycles. The Morgan fingerprint density at radius 1 is 1.23 bits per heavy atom. The summed E-state index contributed by atoms with van der Waals surface area (Å²) in [6, 6.07) is 6.21. The van der Waals surface area contributed by atoms with Gasteiger partial charge in [0.1, 0.15) is 0 Å². The molecule has 0 spiro atoms. The molecule has 0 unspecified atom stereocenters. The maximum absolute atomic E-state index is 3.96. The van der Waals surface area contributed by atoms with Crippen LogP contribution in [0, 0.1) is 0 Å². The lowest BCUT2D eigenvalue weighted by Crippen LogP contribution is -1.91. The second kappa shape index (κ2) is 3.09. The molecule has 0 bridgehead atoms. The number of hydrogen-bond donors (Lipinski definition) is 0. The summed E-state index contributed by atoms with van der Waals surface area (Å²) in [5, 5.41) is 12.3. The highest BCUT2D eigenvalue weighted by atomic mass is 15.3. The zero-order valence-electron chi connectivity index (χ0n) is 7.73. The molecule has 1 aromatic carbocycles. The van der Waals surface area contributed by atoms with Crippen molar-refractivity contribution < 1.29 is 0 Å². The molecule has 1 aromatic heterocycles. The third-order valence-corrected chi connectivity index (χ3v) is 2.12. The largest absolute Gasteiger partial charge is 0.138 e. The fourth-order valence-electron chi connectivity index (χ4n) is 1.28. The van der Waals surface area contributed by atoms with Gasteiger partial charge in [-0.05, 0) is 22.8 Å². The van der Waals surface area contributed by atoms with Crippen molar-refractivity contribution in [2.75, 3.05) is 0 Å². The predicted octanol–water partition coefficient (Wildman–Crippen LogP) is 2.15. The maximum atomic E-state index is 3.96. The molecule has 66 valence electrons. The summed E-state index contributed by atoms with van der Waals surface area (Å²) in [4.78, 5) is 0. The van der Waals surface area contributed by atoms with Crippen molar-refractivity contribution in [2.45, 2.75) is 19.8 Å². The number of nitrogens with zero attached hydrogens (tertiary/aromatic N) is 3. The summed E-state index contributed by atoms with van der Waals surface area (Å²) in [7, 11) is 0. The molecule has 0 aliphatic carbocycles. The molecule has 2 aromatic rings. The third kappa shape index (κ3) is 1.49. The van der Waals surface area contributed by atoms with E-state index >= 15 is 0 Å². The van der Waals surface area contributed by atoms with E-state index in [4.69, 9.17) is 0 Å². The van der Waals surface area contributed by atoms with Gasteiger partial charge in [0, 0.05) is 5.39 Å². The molecular weight excluding hydrogens is 162 g/mol. The van der Waals surface area contributed by atoms with Crippen molar-refractivity contribution in [1.29, 1.82) is 0 Å². The van der Waals surface area contributed by atoms with Crippen LogP contribution in [0.1, 0.15) is 25.3 Å². The minimum absolute atomic E-state index is 0.527. The fraction of sp³-hybridized carbons (Fsp3) is 0.300. The second-order valence-electron chi connectivity index (χ2n) is 3.41. The summed E-state index contributed by atoms with van der Waals surface area (Å²) >= 11 is 0. The number of fused-ring (bicyclic) bond motifs is 1. The molecule has 0 atom stereocenters. The fourth-order valence-corrected chi connectivity index (χ4v) is 1.28. The van der Waals surface area contributed by atoms with Crippen molar-refractivity contribution in [2.24, 2.45) is 0 Å². The first-order valence-corrected chi connectivity index (χ1v) is 4.35. The summed E-state index contributed by atoms with van der Waals surface area (Å²) in [6.07, 6.45) is 1.73. The zero-order chi connectivity index (χ0) is 9.26. The molecule has 0 fully saturated rings. The van der Waals surface area contributed by atoms with Crippen LogP contribution in [0.5, 0.6) is 0 Å². The highest BCUT2D eigenvalue weighted by Gasteiger charge is 2.01. The summed E-state index contributed by atoms with van der Waals surface area (Å²) < 4.78 is 0. The average Bonchev–Trinajstić information content (AvgIpc) is 2.17. The quantitative estimate of drug-likeness (QED) is 0.663. The standard InChI is InChI=1S/C10H11N3/c1-7(2)8-3-4-9-6-11-13-12-10(9)5-8/h3-7H,1-2H3. The lowest BCUT2D eigenvalue weighted by molar-refractivity contribution is 0.861. The number of benzene rings is 1. The van der Waals surface area contributed by atoms with Gasteiger partial charge in [-0.1, -0.05) is 26.0 Å². The van der Waals surface area contributed by atoms with E-state index < -0.39 is 0 Å². The number of aromatic nitrogens is 3. The van der Waals surface area contributed by atoms with E-state index in [-0.39, 0.29) is 0 Å². The third-order valence-electron chi connectivity index (χ3n) is 2.12. The Bertz CT molecular complexity index is 423. The minimum atomic E-state index is 0.527. The Morgan fingerprint density at radius 3 is 2.85 bits per heavy atom. The van der Waals surface area contributed by atoms with E-state index in [0.717, 1.165) is 10.9 Å². The molecule has 2 rings (SSSR count). The maximum Gasteiger partial charge on any atom is 0.0966 e. The van der Waals surface area contributed by atoms with E-state index in [2.05, 4.69) is 41.4 Å². The van der Waals surface area contributed by atoms with Crippen LogP contribution in [0.2, 0.25) is 0 Å². The van der Waals surface area contributed by atoms with Crippen molar-refractivity contribution in [3.63, 3.8) is 0 Å². The molecule has 0 radical (unpaired) electrons. The van der Waals surface area contributed by atoms with Gasteiger partial charge < -0.3 is 0 Å². The highest BCUT2D eigenvalue weighted by molar-refractivity contribution is 5.77. The van der Waals surface area contributed by atoms with E-state index in [0.29, 0.717) is 5.92 Å². The smallest absolute Gasteiger partial charge is 0.0966 e. The predicted molar refractivity (Wildman–Crippen MR) is 51.4 cm³/mol. The monoisotopic (exact) mass is 173 g/mol. The average molecular weight is 173 g/mol. The van der Waals surface area contributed by atoms with Crippen molar-refractivity contribution in [1.82, 2.24) is 15.4 Å². The van der Waals surface area contributed by atoms with Crippen molar-refractivity contribution in [3.8, 4) is 0 Å². The SMILES string of the molecule is CC(C)c1ccc2cnnnc2c1. The first kappa shape index (κ1) is 8.10. The Labute approximate surface area is 76.8 Å². The lowest BCUT2D eigenvalue weighted by atomic mass is 10.0. The van der Waals surface area contributed by atoms with Crippen molar-refractivity contribution in [3.05, 3.63) is 30.0 Å². The Kier molecular flexibility index (Phi) is 1.93. The first-order valence-electron chi connectivity index (χ1n) is 4.35. The summed E-state index contributed by atoms with van der Waals surface area (Å²) in [5.74, 6) is 0.527. The van der Waals surface area contributed by atoms with Gasteiger partial charge in [-0.2, -0.15) is 0 Å². The Hall–Kier alpha value is -1.51. The molecule has 3 heteroatoms. The summed E-state index contributed by atoms with van der Waals surface area (Å²) in [5.41, 5.74) is 2.20. The van der Waals surface area contributed by atoms with Gasteiger partial charge in [0.25, 0.3) is 0 Å². The molecule has 0 saturated heterocycles. The van der Waals surface area contributed by atoms with Crippen LogP contribution in [-0.4, -0.2) is 15.4 Å². The van der Waals surface area contributed by atoms with Gasteiger partial charge in [-0.15, -0.1) is 10.2 Å². The lowest BCUT2D eigenvalue weighted by Gasteiger charge is -2.04. The molecule has 3 nitrogen and oxygen atoms in total. The van der Waals surface area contributed by atoms with Crippen LogP contribution in [0.3, 0.4) is 0 Å². The molecule has 0 amide bonds. The zero-order valence-corrected chi connectivity index (χ0v) is 7.73. The Balaban J connectivity index is 2.62. The van der Waals surface area contributed by atoms with E-state index in [9.17, 15) is 0 Å². The molecule has 0 saturated carbocycles. The van der Waals surface area contributed by atoms with Gasteiger partial charge in [-0.25, -0.2) is 0 Å². The van der Waals surface area contributed by atoms with Crippen LogP contribution < -0.4 is 0 Å². The first-order chi connectivity index (χ1) is 6.27. The van der Waals surface area contributed by atoms with Crippen LogP contribution in [0.4, 0.5) is 0 Å². The molecule has 0 aliphatic heterocycles. The van der Waals surface area contributed by atoms with Gasteiger partial charge in [0.05, 0.1) is 11.7 Å². The molecule has 0 aliphatic rings. The van der Waals surface area contributed by atoms with Crippen LogP contribution >= 0.6 is 0 Å². The van der Waals surface area contributed by atoms with Gasteiger partial charge >= 0.3 is 0 Å². The van der Waals surface area contributed by atoms with Gasteiger partial charge in [0.2, 0.25) is 0 Å². The minimum Gasteiger partial charge on any atom is -0.138 e. The Morgan fingerprint density at radius 2 is 2.08 bits per heavy atom. The number of hydrogen-bond acceptors (Lipinski definition) is 3.